The van der Waals surface area contributed by atoms with E-state index in [2.05, 4.69) is 5.32 Å². The summed E-state index contributed by atoms with van der Waals surface area (Å²) in [6.07, 6.45) is 1.81. The van der Waals surface area contributed by atoms with Crippen LogP contribution in [0.4, 0.5) is 0 Å². The lowest BCUT2D eigenvalue weighted by Crippen LogP contribution is -3.14. The molecule has 0 spiro atoms. The number of ether oxygens (including phenoxy) is 2. The minimum absolute atomic E-state index is 0.00493. The molecule has 0 radical (unpaired) electrons. The molecular formula is C18H27N2O4+. The van der Waals surface area contributed by atoms with Crippen LogP contribution in [-0.4, -0.2) is 45.2 Å². The lowest BCUT2D eigenvalue weighted by Gasteiger charge is -2.28. The van der Waals surface area contributed by atoms with E-state index in [1.54, 1.807) is 7.11 Å². The number of nitrogens with one attached hydrogen (secondary N) is 2. The number of rotatable bonds is 7. The lowest BCUT2D eigenvalue weighted by atomic mass is 9.98. The Morgan fingerprint density at radius 2 is 2.04 bits per heavy atom. The van der Waals surface area contributed by atoms with E-state index in [1.807, 2.05) is 31.2 Å². The molecule has 24 heavy (non-hydrogen) atoms. The number of benzene rings is 1. The summed E-state index contributed by atoms with van der Waals surface area (Å²) in [6.45, 7) is 4.72. The number of carbonyl (C=O) groups excluding carboxylic acids is 2. The van der Waals surface area contributed by atoms with Crippen LogP contribution in [0.25, 0.3) is 0 Å². The molecule has 0 bridgehead atoms. The number of methoxy groups -OCH3 is 1. The van der Waals surface area contributed by atoms with E-state index in [0.29, 0.717) is 26.2 Å². The molecule has 2 N–H and O–H groups in total. The van der Waals surface area contributed by atoms with Gasteiger partial charge in [-0.25, -0.2) is 0 Å². The quantitative estimate of drug-likeness (QED) is 0.697. The summed E-state index contributed by atoms with van der Waals surface area (Å²) in [5, 5.41) is 2.94. The van der Waals surface area contributed by atoms with E-state index >= 15 is 0 Å². The minimum Gasteiger partial charge on any atom is -0.497 e. The summed E-state index contributed by atoms with van der Waals surface area (Å²) in [5.41, 5.74) is 1.03. The van der Waals surface area contributed by atoms with Crippen molar-refractivity contribution in [3.8, 4) is 5.75 Å². The van der Waals surface area contributed by atoms with Crippen LogP contribution in [0, 0.1) is 5.92 Å². The Hall–Kier alpha value is -2.08. The van der Waals surface area contributed by atoms with Crippen molar-refractivity contribution in [3.63, 3.8) is 0 Å². The van der Waals surface area contributed by atoms with Gasteiger partial charge >= 0.3 is 5.97 Å². The standard InChI is InChI=1S/C18H26N2O4/c1-3-24-18(22)15-5-4-10-20(12-15)13-17(21)19-11-14-6-8-16(23-2)9-7-14/h6-9,15H,3-5,10-13H2,1-2H3,(H,19,21)/p+1/t15-/m1/s1. The van der Waals surface area contributed by atoms with Crippen LogP contribution in [0.2, 0.25) is 0 Å². The summed E-state index contributed by atoms with van der Waals surface area (Å²) < 4.78 is 10.2. The highest BCUT2D eigenvalue weighted by molar-refractivity contribution is 5.77. The maximum atomic E-state index is 12.1. The number of hydrogen-bond donors (Lipinski definition) is 2. The highest BCUT2D eigenvalue weighted by Crippen LogP contribution is 2.11. The summed E-state index contributed by atoms with van der Waals surface area (Å²) in [5.74, 6) is 0.592. The van der Waals surface area contributed by atoms with Gasteiger partial charge in [-0.3, -0.25) is 9.59 Å². The summed E-state index contributed by atoms with van der Waals surface area (Å²) >= 11 is 0. The van der Waals surface area contributed by atoms with Crippen LogP contribution in [0.15, 0.2) is 24.3 Å². The third-order valence-corrected chi connectivity index (χ3v) is 4.30. The van der Waals surface area contributed by atoms with Crippen LogP contribution in [0.1, 0.15) is 25.3 Å². The van der Waals surface area contributed by atoms with Gasteiger partial charge in [0.1, 0.15) is 11.7 Å². The van der Waals surface area contributed by atoms with Crippen molar-refractivity contribution in [2.45, 2.75) is 26.3 Å². The van der Waals surface area contributed by atoms with Crippen molar-refractivity contribution in [3.05, 3.63) is 29.8 Å². The summed E-state index contributed by atoms with van der Waals surface area (Å²) in [7, 11) is 1.63. The Labute approximate surface area is 143 Å². The first-order chi connectivity index (χ1) is 11.6. The molecule has 1 heterocycles. The third-order valence-electron chi connectivity index (χ3n) is 4.30. The number of esters is 1. The van der Waals surface area contributed by atoms with E-state index in [4.69, 9.17) is 9.47 Å². The molecule has 132 valence electrons. The lowest BCUT2D eigenvalue weighted by molar-refractivity contribution is -0.899. The molecule has 0 aliphatic carbocycles. The second kappa shape index (κ2) is 9.27. The van der Waals surface area contributed by atoms with E-state index in [0.717, 1.165) is 35.6 Å². The first-order valence-corrected chi connectivity index (χ1v) is 8.52. The molecule has 1 saturated heterocycles. The third kappa shape index (κ3) is 5.53. The SMILES string of the molecule is CCOC(=O)[C@@H]1CCC[NH+](CC(=O)NCc2ccc(OC)cc2)C1. The highest BCUT2D eigenvalue weighted by atomic mass is 16.5. The first kappa shape index (κ1) is 18.3. The Bertz CT molecular complexity index is 544. The molecule has 1 aromatic rings. The number of piperidine rings is 1. The molecular weight excluding hydrogens is 308 g/mol. The minimum atomic E-state index is -0.131. The average molecular weight is 335 g/mol. The van der Waals surface area contributed by atoms with Crippen LogP contribution < -0.4 is 15.0 Å². The molecule has 2 atom stereocenters. The molecule has 6 nitrogen and oxygen atoms in total. The predicted molar refractivity (Wildman–Crippen MR) is 89.8 cm³/mol. The Balaban J connectivity index is 1.75. The number of amides is 1. The number of quaternary nitrogens is 1. The predicted octanol–water partition coefficient (Wildman–Crippen LogP) is 0.169. The van der Waals surface area contributed by atoms with E-state index in [1.165, 1.54) is 0 Å². The van der Waals surface area contributed by atoms with Crippen molar-refractivity contribution in [1.82, 2.24) is 5.32 Å². The fourth-order valence-corrected chi connectivity index (χ4v) is 3.01. The molecule has 1 fully saturated rings. The first-order valence-electron chi connectivity index (χ1n) is 8.52. The Morgan fingerprint density at radius 3 is 2.71 bits per heavy atom. The normalized spacial score (nSPS) is 20.2. The van der Waals surface area contributed by atoms with Crippen molar-refractivity contribution in [2.75, 3.05) is 33.4 Å². The molecule has 1 aliphatic heterocycles. The molecule has 1 aliphatic rings. The van der Waals surface area contributed by atoms with Gasteiger partial charge in [-0.2, -0.15) is 0 Å². The van der Waals surface area contributed by atoms with Crippen LogP contribution in [0.3, 0.4) is 0 Å². The largest absolute Gasteiger partial charge is 0.497 e. The molecule has 2 rings (SSSR count). The Kier molecular flexibility index (Phi) is 7.06. The molecule has 1 amide bonds. The van der Waals surface area contributed by atoms with E-state index in [-0.39, 0.29) is 17.8 Å². The van der Waals surface area contributed by atoms with Gasteiger partial charge in [0.15, 0.2) is 6.54 Å². The van der Waals surface area contributed by atoms with Gasteiger partial charge in [-0.15, -0.1) is 0 Å². The van der Waals surface area contributed by atoms with Gasteiger partial charge < -0.3 is 19.7 Å². The highest BCUT2D eigenvalue weighted by Gasteiger charge is 2.30. The van der Waals surface area contributed by atoms with Gasteiger partial charge in [0.05, 0.1) is 26.8 Å². The second-order valence-corrected chi connectivity index (χ2v) is 6.10. The molecule has 0 saturated carbocycles. The fraction of sp³-hybridized carbons (Fsp3) is 0.556. The molecule has 1 aromatic carbocycles. The number of likely N-dealkylation sites (tertiary alicyclic amines) is 1. The fourth-order valence-electron chi connectivity index (χ4n) is 3.01. The molecule has 1 unspecified atom stereocenters. The van der Waals surface area contributed by atoms with Gasteiger partial charge in [0.2, 0.25) is 0 Å². The molecule has 0 aromatic heterocycles. The maximum Gasteiger partial charge on any atom is 0.314 e. The zero-order valence-corrected chi connectivity index (χ0v) is 14.5. The van der Waals surface area contributed by atoms with Crippen molar-refractivity contribution in [2.24, 2.45) is 5.92 Å². The van der Waals surface area contributed by atoms with Gasteiger partial charge in [0.25, 0.3) is 5.91 Å². The number of hydrogen-bond acceptors (Lipinski definition) is 4. The van der Waals surface area contributed by atoms with E-state index < -0.39 is 0 Å². The van der Waals surface area contributed by atoms with E-state index in [9.17, 15) is 9.59 Å². The van der Waals surface area contributed by atoms with Gasteiger partial charge in [-0.1, -0.05) is 12.1 Å². The monoisotopic (exact) mass is 335 g/mol. The van der Waals surface area contributed by atoms with Crippen molar-refractivity contribution < 1.29 is 24.0 Å². The summed E-state index contributed by atoms with van der Waals surface area (Å²) in [6, 6.07) is 7.62. The van der Waals surface area contributed by atoms with Crippen LogP contribution in [0.5, 0.6) is 5.75 Å². The van der Waals surface area contributed by atoms with Gasteiger partial charge in [0, 0.05) is 6.54 Å². The Morgan fingerprint density at radius 1 is 1.29 bits per heavy atom. The summed E-state index contributed by atoms with van der Waals surface area (Å²) in [4.78, 5) is 25.1. The van der Waals surface area contributed by atoms with Gasteiger partial charge in [-0.05, 0) is 37.5 Å². The second-order valence-electron chi connectivity index (χ2n) is 6.10. The topological polar surface area (TPSA) is 69.1 Å². The smallest absolute Gasteiger partial charge is 0.314 e. The van der Waals surface area contributed by atoms with Crippen molar-refractivity contribution >= 4 is 11.9 Å². The zero-order valence-electron chi connectivity index (χ0n) is 14.5. The zero-order chi connectivity index (χ0) is 17.4. The molecule has 6 heteroatoms. The van der Waals surface area contributed by atoms with Crippen LogP contribution in [-0.2, 0) is 20.9 Å². The average Bonchev–Trinajstić information content (AvgIpc) is 2.61. The van der Waals surface area contributed by atoms with Crippen LogP contribution >= 0.6 is 0 Å². The van der Waals surface area contributed by atoms with Crippen molar-refractivity contribution in [1.29, 1.82) is 0 Å². The maximum absolute atomic E-state index is 12.1. The number of carbonyl (C=O) groups is 2.